The van der Waals surface area contributed by atoms with Crippen molar-refractivity contribution in [2.45, 2.75) is 18.6 Å². The molecule has 0 unspecified atom stereocenters. The van der Waals surface area contributed by atoms with Crippen LogP contribution in [-0.4, -0.2) is 35.3 Å². The van der Waals surface area contributed by atoms with Gasteiger partial charge in [-0.15, -0.1) is 0 Å². The highest BCUT2D eigenvalue weighted by molar-refractivity contribution is 7.99. The van der Waals surface area contributed by atoms with Crippen LogP contribution in [0.15, 0.2) is 39.0 Å². The molecule has 0 bridgehead atoms. The molecule has 0 spiro atoms. The fourth-order valence-electron chi connectivity index (χ4n) is 3.04. The molecule has 3 heterocycles. The highest BCUT2D eigenvalue weighted by atomic mass is 32.2. The summed E-state index contributed by atoms with van der Waals surface area (Å²) in [5.41, 5.74) is 0.668. The number of para-hydroxylation sites is 1. The number of aryl methyl sites for hydroxylation is 2. The maximum Gasteiger partial charge on any atom is 0.332 e. The van der Waals surface area contributed by atoms with Crippen LogP contribution in [0.5, 0.6) is 0 Å². The number of imidazole rings is 1. The number of fused-ring (bicyclic) bond motifs is 2. The predicted octanol–water partition coefficient (Wildman–Crippen LogP) is 1.79. The second kappa shape index (κ2) is 7.48. The minimum absolute atomic E-state index is 0.105. The van der Waals surface area contributed by atoms with Gasteiger partial charge in [-0.25, -0.2) is 14.8 Å². The summed E-state index contributed by atoms with van der Waals surface area (Å²) in [6, 6.07) is 7.67. The Kier molecular flexibility index (Phi) is 5.01. The molecule has 29 heavy (non-hydrogen) atoms. The van der Waals surface area contributed by atoms with Gasteiger partial charge in [0, 0.05) is 20.6 Å². The molecule has 11 heteroatoms. The van der Waals surface area contributed by atoms with E-state index in [9.17, 15) is 14.4 Å². The second-order valence-electron chi connectivity index (χ2n) is 6.34. The molecule has 3 aromatic heterocycles. The summed E-state index contributed by atoms with van der Waals surface area (Å²) in [6.07, 6.45) is 0. The summed E-state index contributed by atoms with van der Waals surface area (Å²) >= 11 is 2.62. The number of rotatable bonds is 5. The topological polar surface area (TPSA) is 104 Å². The Balaban J connectivity index is 1.58. The van der Waals surface area contributed by atoms with E-state index in [1.165, 1.54) is 34.7 Å². The number of nitrogens with zero attached hydrogens (tertiary/aromatic N) is 5. The zero-order valence-corrected chi connectivity index (χ0v) is 17.6. The van der Waals surface area contributed by atoms with Crippen LogP contribution in [-0.2, 0) is 25.4 Å². The number of nitrogens with one attached hydrogen (secondary N) is 1. The van der Waals surface area contributed by atoms with Crippen molar-refractivity contribution < 1.29 is 4.79 Å². The van der Waals surface area contributed by atoms with Gasteiger partial charge in [-0.3, -0.25) is 18.7 Å². The number of hydrogen-bond donors (Lipinski definition) is 1. The molecule has 0 aliphatic heterocycles. The number of benzene rings is 1. The fraction of sp³-hybridized carbons (Fsp3) is 0.278. The highest BCUT2D eigenvalue weighted by Gasteiger charge is 2.19. The van der Waals surface area contributed by atoms with Gasteiger partial charge < -0.3 is 9.88 Å². The lowest BCUT2D eigenvalue weighted by Crippen LogP contribution is -2.37. The Morgan fingerprint density at radius 3 is 2.66 bits per heavy atom. The fourth-order valence-corrected chi connectivity index (χ4v) is 4.78. The van der Waals surface area contributed by atoms with Crippen molar-refractivity contribution in [1.82, 2.24) is 23.7 Å². The quantitative estimate of drug-likeness (QED) is 0.484. The molecule has 0 saturated carbocycles. The minimum atomic E-state index is -0.437. The van der Waals surface area contributed by atoms with Crippen LogP contribution < -0.4 is 16.6 Å². The van der Waals surface area contributed by atoms with E-state index < -0.39 is 11.2 Å². The average Bonchev–Trinajstić information content (AvgIpc) is 3.29. The zero-order valence-electron chi connectivity index (χ0n) is 16.0. The summed E-state index contributed by atoms with van der Waals surface area (Å²) in [6.45, 7) is 2.38. The van der Waals surface area contributed by atoms with E-state index in [0.717, 1.165) is 14.8 Å². The van der Waals surface area contributed by atoms with E-state index in [4.69, 9.17) is 0 Å². The first kappa shape index (κ1) is 19.4. The lowest BCUT2D eigenvalue weighted by Gasteiger charge is -2.06. The number of hydrogen-bond acceptors (Lipinski definition) is 7. The summed E-state index contributed by atoms with van der Waals surface area (Å²) in [5.74, 6) is -0.112. The van der Waals surface area contributed by atoms with Crippen LogP contribution >= 0.6 is 23.1 Å². The molecule has 0 atom stereocenters. The smallest absolute Gasteiger partial charge is 0.313 e. The van der Waals surface area contributed by atoms with Gasteiger partial charge in [0.2, 0.25) is 5.91 Å². The van der Waals surface area contributed by atoms with Gasteiger partial charge in [-0.2, -0.15) is 0 Å². The summed E-state index contributed by atoms with van der Waals surface area (Å²) < 4.78 is 5.13. The number of anilines is 1. The van der Waals surface area contributed by atoms with Crippen LogP contribution in [0.3, 0.4) is 0 Å². The molecule has 9 nitrogen and oxygen atoms in total. The highest BCUT2D eigenvalue weighted by Crippen LogP contribution is 2.26. The number of thioether (sulfide) groups is 1. The Labute approximate surface area is 173 Å². The number of aromatic nitrogens is 5. The van der Waals surface area contributed by atoms with Gasteiger partial charge in [-0.1, -0.05) is 35.2 Å². The zero-order chi connectivity index (χ0) is 20.7. The molecule has 1 N–H and O–H groups in total. The van der Waals surface area contributed by atoms with Gasteiger partial charge in [0.05, 0.1) is 16.0 Å². The minimum Gasteiger partial charge on any atom is -0.313 e. The molecular formula is C18H18N6O3S2. The number of amides is 1. The molecule has 1 amide bonds. The Hall–Kier alpha value is -2.92. The Morgan fingerprint density at radius 1 is 1.17 bits per heavy atom. The first-order valence-electron chi connectivity index (χ1n) is 8.85. The molecule has 1 aromatic carbocycles. The third kappa shape index (κ3) is 3.36. The van der Waals surface area contributed by atoms with Crippen LogP contribution in [0.25, 0.3) is 21.4 Å². The largest absolute Gasteiger partial charge is 0.332 e. The summed E-state index contributed by atoms with van der Waals surface area (Å²) in [5, 5.41) is 3.86. The van der Waals surface area contributed by atoms with Gasteiger partial charge in [0.1, 0.15) is 0 Å². The number of carbonyl (C=O) groups excluding carboxylic acids is 1. The van der Waals surface area contributed by atoms with Gasteiger partial charge in [-0.05, 0) is 19.1 Å². The first-order chi connectivity index (χ1) is 13.9. The van der Waals surface area contributed by atoms with Crippen molar-refractivity contribution in [3.63, 3.8) is 0 Å². The molecule has 4 aromatic rings. The van der Waals surface area contributed by atoms with Crippen LogP contribution in [0.1, 0.15) is 6.92 Å². The average molecular weight is 431 g/mol. The standard InChI is InChI=1S/C18H18N6O3S2/c1-4-24-13-14(22(2)18(27)23(3)15(13)26)21-17(24)28-9-12(25)20-16-19-10-7-5-6-8-11(10)29-16/h5-8H,4,9H2,1-3H3,(H,19,20,25). The van der Waals surface area contributed by atoms with E-state index in [1.807, 2.05) is 31.2 Å². The van der Waals surface area contributed by atoms with Crippen LogP contribution in [0.4, 0.5) is 5.13 Å². The van der Waals surface area contributed by atoms with Crippen LogP contribution in [0.2, 0.25) is 0 Å². The third-order valence-electron chi connectivity index (χ3n) is 4.50. The molecule has 0 saturated heterocycles. The van der Waals surface area contributed by atoms with E-state index in [0.29, 0.717) is 28.0 Å². The van der Waals surface area contributed by atoms with Crippen molar-refractivity contribution in [2.24, 2.45) is 14.1 Å². The predicted molar refractivity (Wildman–Crippen MR) is 115 cm³/mol. The van der Waals surface area contributed by atoms with Gasteiger partial charge in [0.25, 0.3) is 5.56 Å². The molecule has 0 aliphatic carbocycles. The lowest BCUT2D eigenvalue weighted by molar-refractivity contribution is -0.113. The van der Waals surface area contributed by atoms with Gasteiger partial charge in [0.15, 0.2) is 21.5 Å². The second-order valence-corrected chi connectivity index (χ2v) is 8.31. The van der Waals surface area contributed by atoms with Crippen molar-refractivity contribution >= 4 is 55.5 Å². The summed E-state index contributed by atoms with van der Waals surface area (Å²) in [4.78, 5) is 45.9. The maximum absolute atomic E-state index is 12.6. The molecule has 0 aliphatic rings. The Morgan fingerprint density at radius 2 is 1.93 bits per heavy atom. The van der Waals surface area contributed by atoms with E-state index >= 15 is 0 Å². The lowest BCUT2D eigenvalue weighted by atomic mass is 10.3. The van der Waals surface area contributed by atoms with Crippen molar-refractivity contribution in [2.75, 3.05) is 11.1 Å². The summed E-state index contributed by atoms with van der Waals surface area (Å²) in [7, 11) is 3.01. The molecular weight excluding hydrogens is 412 g/mol. The SMILES string of the molecule is CCn1c(SCC(=O)Nc2nc3ccccc3s2)nc2c1c(=O)n(C)c(=O)n2C. The van der Waals surface area contributed by atoms with Crippen molar-refractivity contribution in [3.05, 3.63) is 45.1 Å². The molecule has 4 rings (SSSR count). The number of carbonyl (C=O) groups is 1. The Bertz CT molecular complexity index is 1330. The van der Waals surface area contributed by atoms with E-state index in [2.05, 4.69) is 15.3 Å². The third-order valence-corrected chi connectivity index (χ3v) is 6.43. The van der Waals surface area contributed by atoms with Crippen LogP contribution in [0, 0.1) is 0 Å². The molecule has 0 fully saturated rings. The molecule has 0 radical (unpaired) electrons. The van der Waals surface area contributed by atoms with E-state index in [1.54, 1.807) is 11.6 Å². The monoisotopic (exact) mass is 430 g/mol. The number of thiazole rings is 1. The van der Waals surface area contributed by atoms with Crippen molar-refractivity contribution in [3.8, 4) is 0 Å². The van der Waals surface area contributed by atoms with Gasteiger partial charge >= 0.3 is 5.69 Å². The first-order valence-corrected chi connectivity index (χ1v) is 10.7. The molecule has 150 valence electrons. The maximum atomic E-state index is 12.6. The normalized spacial score (nSPS) is 11.4. The van der Waals surface area contributed by atoms with E-state index in [-0.39, 0.29) is 11.7 Å². The van der Waals surface area contributed by atoms with Crippen molar-refractivity contribution in [1.29, 1.82) is 0 Å².